The lowest BCUT2D eigenvalue weighted by atomic mass is 9.97. The molecule has 4 aromatic rings. The quantitative estimate of drug-likeness (QED) is 0.298. The second-order valence-electron chi connectivity index (χ2n) is 8.80. The van der Waals surface area contributed by atoms with Gasteiger partial charge in [-0.3, -0.25) is 4.79 Å². The number of rotatable bonds is 3. The van der Waals surface area contributed by atoms with Crippen molar-refractivity contribution in [2.45, 2.75) is 30.1 Å². The van der Waals surface area contributed by atoms with Crippen molar-refractivity contribution < 1.29 is 4.79 Å². The standard InChI is InChI=1S/C28H22N4OS/c1-17-13-20(34-2)5-8-23(17)31-26-15-21-19(16-30-26)9-12-29-24(21)7-4-18-3-6-22-25(14-18)32-27(33)28(22)10-11-28/h3,5-6,8-9,12-16H,10-11H2,1-2H3,(H,30,31)(H,32,33). The Hall–Kier alpha value is -3.82. The van der Waals surface area contributed by atoms with Gasteiger partial charge in [0.15, 0.2) is 0 Å². The van der Waals surface area contributed by atoms with Crippen LogP contribution in [-0.4, -0.2) is 22.1 Å². The average molecular weight is 463 g/mol. The summed E-state index contributed by atoms with van der Waals surface area (Å²) < 4.78 is 0. The van der Waals surface area contributed by atoms with Crippen molar-refractivity contribution in [3.8, 4) is 11.8 Å². The van der Waals surface area contributed by atoms with Crippen LogP contribution in [-0.2, 0) is 10.2 Å². The molecule has 2 N–H and O–H groups in total. The highest BCUT2D eigenvalue weighted by Crippen LogP contribution is 2.55. The van der Waals surface area contributed by atoms with Crippen LogP contribution in [0.3, 0.4) is 0 Å². The maximum atomic E-state index is 12.3. The van der Waals surface area contributed by atoms with E-state index in [4.69, 9.17) is 0 Å². The first-order valence-electron chi connectivity index (χ1n) is 11.2. The zero-order valence-electron chi connectivity index (χ0n) is 18.9. The van der Waals surface area contributed by atoms with E-state index in [9.17, 15) is 4.79 Å². The number of nitrogens with one attached hydrogen (secondary N) is 2. The number of nitrogens with zero attached hydrogens (tertiary/aromatic N) is 2. The Labute approximate surface area is 202 Å². The Bertz CT molecular complexity index is 1550. The first-order valence-corrected chi connectivity index (χ1v) is 12.4. The molecule has 1 spiro atoms. The first-order chi connectivity index (χ1) is 16.6. The number of aryl methyl sites for hydroxylation is 1. The molecule has 1 aliphatic carbocycles. The summed E-state index contributed by atoms with van der Waals surface area (Å²) in [6, 6.07) is 16.3. The third kappa shape index (κ3) is 3.49. The molecular formula is C28H22N4OS. The van der Waals surface area contributed by atoms with Crippen molar-refractivity contribution >= 4 is 45.6 Å². The van der Waals surface area contributed by atoms with Crippen LogP contribution in [0.25, 0.3) is 10.8 Å². The predicted octanol–water partition coefficient (Wildman–Crippen LogP) is 5.79. The number of hydrogen-bond acceptors (Lipinski definition) is 5. The van der Waals surface area contributed by atoms with Crippen molar-refractivity contribution in [1.29, 1.82) is 0 Å². The molecule has 1 saturated carbocycles. The Morgan fingerprint density at radius 2 is 1.94 bits per heavy atom. The summed E-state index contributed by atoms with van der Waals surface area (Å²) in [7, 11) is 0. The van der Waals surface area contributed by atoms with E-state index in [-0.39, 0.29) is 11.3 Å². The van der Waals surface area contributed by atoms with Gasteiger partial charge in [0, 0.05) is 45.0 Å². The van der Waals surface area contributed by atoms with Crippen LogP contribution in [0, 0.1) is 18.8 Å². The van der Waals surface area contributed by atoms with Gasteiger partial charge in [-0.25, -0.2) is 9.97 Å². The molecule has 1 fully saturated rings. The van der Waals surface area contributed by atoms with Gasteiger partial charge in [-0.15, -0.1) is 11.8 Å². The number of aromatic nitrogens is 2. The van der Waals surface area contributed by atoms with E-state index in [0.717, 1.165) is 57.5 Å². The van der Waals surface area contributed by atoms with E-state index in [1.807, 2.05) is 36.5 Å². The molecule has 166 valence electrons. The van der Waals surface area contributed by atoms with Crippen molar-refractivity contribution in [2.75, 3.05) is 16.9 Å². The molecule has 3 heterocycles. The third-order valence-electron chi connectivity index (χ3n) is 6.64. The normalized spacial score (nSPS) is 14.9. The van der Waals surface area contributed by atoms with Crippen molar-refractivity contribution in [1.82, 2.24) is 9.97 Å². The lowest BCUT2D eigenvalue weighted by Gasteiger charge is -2.11. The number of pyridine rings is 2. The zero-order chi connectivity index (χ0) is 23.3. The highest BCUT2D eigenvalue weighted by atomic mass is 32.2. The van der Waals surface area contributed by atoms with E-state index in [1.165, 1.54) is 4.90 Å². The summed E-state index contributed by atoms with van der Waals surface area (Å²) in [4.78, 5) is 22.6. The van der Waals surface area contributed by atoms with Crippen molar-refractivity contribution in [3.63, 3.8) is 0 Å². The van der Waals surface area contributed by atoms with Gasteiger partial charge in [0.05, 0.1) is 5.41 Å². The third-order valence-corrected chi connectivity index (χ3v) is 7.36. The molecule has 0 unspecified atom stereocenters. The number of carbonyl (C=O) groups excluding carboxylic acids is 1. The molecule has 0 saturated heterocycles. The van der Waals surface area contributed by atoms with Crippen LogP contribution in [0.1, 0.15) is 35.2 Å². The molecule has 34 heavy (non-hydrogen) atoms. The summed E-state index contributed by atoms with van der Waals surface area (Å²) in [6.07, 6.45) is 7.54. The second-order valence-corrected chi connectivity index (χ2v) is 9.68. The molecule has 0 bridgehead atoms. The van der Waals surface area contributed by atoms with Gasteiger partial charge in [-0.1, -0.05) is 12.0 Å². The van der Waals surface area contributed by atoms with Crippen LogP contribution >= 0.6 is 11.8 Å². The summed E-state index contributed by atoms with van der Waals surface area (Å²) in [5.41, 5.74) is 5.45. The van der Waals surface area contributed by atoms with Crippen LogP contribution in [0.5, 0.6) is 0 Å². The van der Waals surface area contributed by atoms with Gasteiger partial charge in [0.1, 0.15) is 11.5 Å². The molecule has 6 rings (SSSR count). The molecular weight excluding hydrogens is 440 g/mol. The number of carbonyl (C=O) groups is 1. The summed E-state index contributed by atoms with van der Waals surface area (Å²) >= 11 is 1.73. The average Bonchev–Trinajstić information content (AvgIpc) is 3.61. The van der Waals surface area contributed by atoms with Gasteiger partial charge in [0.2, 0.25) is 5.91 Å². The topological polar surface area (TPSA) is 66.9 Å². The Morgan fingerprint density at radius 1 is 1.06 bits per heavy atom. The van der Waals surface area contributed by atoms with E-state index >= 15 is 0 Å². The molecule has 5 nitrogen and oxygen atoms in total. The minimum absolute atomic E-state index is 0.120. The Balaban J connectivity index is 1.32. The van der Waals surface area contributed by atoms with Crippen molar-refractivity contribution in [3.05, 3.63) is 83.3 Å². The maximum absolute atomic E-state index is 12.3. The fraction of sp³-hybridized carbons (Fsp3) is 0.179. The highest BCUT2D eigenvalue weighted by molar-refractivity contribution is 7.98. The molecule has 0 radical (unpaired) electrons. The number of amides is 1. The van der Waals surface area contributed by atoms with Gasteiger partial charge < -0.3 is 10.6 Å². The van der Waals surface area contributed by atoms with E-state index in [2.05, 4.69) is 63.8 Å². The molecule has 1 aliphatic heterocycles. The molecule has 2 aliphatic rings. The van der Waals surface area contributed by atoms with Crippen LogP contribution in [0.2, 0.25) is 0 Å². The minimum atomic E-state index is -0.275. The fourth-order valence-electron chi connectivity index (χ4n) is 4.53. The number of fused-ring (bicyclic) bond motifs is 3. The van der Waals surface area contributed by atoms with Gasteiger partial charge in [-0.05, 0) is 85.5 Å². The van der Waals surface area contributed by atoms with Crippen molar-refractivity contribution in [2.24, 2.45) is 0 Å². The van der Waals surface area contributed by atoms with Gasteiger partial charge in [-0.2, -0.15) is 0 Å². The Morgan fingerprint density at radius 3 is 2.74 bits per heavy atom. The molecule has 6 heteroatoms. The molecule has 2 aromatic carbocycles. The monoisotopic (exact) mass is 462 g/mol. The lowest BCUT2D eigenvalue weighted by Crippen LogP contribution is -2.18. The number of thioether (sulfide) groups is 1. The zero-order valence-corrected chi connectivity index (χ0v) is 19.7. The molecule has 1 amide bonds. The number of benzene rings is 2. The summed E-state index contributed by atoms with van der Waals surface area (Å²) in [5.74, 6) is 7.33. The predicted molar refractivity (Wildman–Crippen MR) is 138 cm³/mol. The maximum Gasteiger partial charge on any atom is 0.235 e. The van der Waals surface area contributed by atoms with Gasteiger partial charge >= 0.3 is 0 Å². The molecule has 0 atom stereocenters. The van der Waals surface area contributed by atoms with E-state index in [0.29, 0.717) is 5.69 Å². The SMILES string of the molecule is CSc1ccc(Nc2cc3c(C#Cc4ccc5c(c4)NC(=O)C54CC4)nccc3cn2)c(C)c1. The largest absolute Gasteiger partial charge is 0.340 e. The second kappa shape index (κ2) is 7.89. The molecule has 2 aromatic heterocycles. The highest BCUT2D eigenvalue weighted by Gasteiger charge is 2.56. The summed E-state index contributed by atoms with van der Waals surface area (Å²) in [6.45, 7) is 2.09. The lowest BCUT2D eigenvalue weighted by molar-refractivity contribution is -0.117. The summed E-state index contributed by atoms with van der Waals surface area (Å²) in [5, 5.41) is 8.37. The van der Waals surface area contributed by atoms with E-state index < -0.39 is 0 Å². The number of anilines is 3. The number of hydrogen-bond donors (Lipinski definition) is 2. The first kappa shape index (κ1) is 20.8. The van der Waals surface area contributed by atoms with Crippen LogP contribution in [0.4, 0.5) is 17.2 Å². The Kier molecular flexibility index (Phi) is 4.82. The minimum Gasteiger partial charge on any atom is -0.340 e. The van der Waals surface area contributed by atoms with Gasteiger partial charge in [0.25, 0.3) is 0 Å². The fourth-order valence-corrected chi connectivity index (χ4v) is 5.03. The smallest absolute Gasteiger partial charge is 0.235 e. The van der Waals surface area contributed by atoms with E-state index in [1.54, 1.807) is 18.0 Å². The van der Waals surface area contributed by atoms with Crippen LogP contribution < -0.4 is 10.6 Å². The van der Waals surface area contributed by atoms with Crippen LogP contribution in [0.15, 0.2) is 65.8 Å².